The molecule has 2 aromatic rings. The van der Waals surface area contributed by atoms with Crippen molar-refractivity contribution < 1.29 is 14.3 Å². The quantitative estimate of drug-likeness (QED) is 0.895. The third-order valence-corrected chi connectivity index (χ3v) is 3.46. The molecule has 5 nitrogen and oxygen atoms in total. The van der Waals surface area contributed by atoms with E-state index in [1.54, 1.807) is 25.1 Å². The van der Waals surface area contributed by atoms with Crippen LogP contribution < -0.4 is 15.4 Å². The first-order valence-corrected chi connectivity index (χ1v) is 7.03. The molecule has 1 aliphatic rings. The van der Waals surface area contributed by atoms with Crippen molar-refractivity contribution in [2.75, 3.05) is 10.6 Å². The number of fused-ring (bicyclic) bond motifs is 1. The fourth-order valence-corrected chi connectivity index (χ4v) is 2.33. The van der Waals surface area contributed by atoms with Crippen LogP contribution in [-0.4, -0.2) is 17.9 Å². The summed E-state index contributed by atoms with van der Waals surface area (Å²) >= 11 is 0. The standard InChI is InChI=1S/C17H16N2O3/c1-10-5-3-6-12(9-10)18-17(21)13-7-4-8-14-15(13)22-11(2)16(20)19-14/h3-9,11H,1-2H3,(H,18,21)(H,19,20). The Morgan fingerprint density at radius 3 is 2.77 bits per heavy atom. The van der Waals surface area contributed by atoms with Crippen molar-refractivity contribution >= 4 is 23.2 Å². The molecule has 0 radical (unpaired) electrons. The topological polar surface area (TPSA) is 67.4 Å². The monoisotopic (exact) mass is 296 g/mol. The number of hydrogen-bond acceptors (Lipinski definition) is 3. The number of nitrogens with one attached hydrogen (secondary N) is 2. The Labute approximate surface area is 128 Å². The Hall–Kier alpha value is -2.82. The summed E-state index contributed by atoms with van der Waals surface area (Å²) in [6, 6.07) is 12.6. The molecule has 1 aliphatic heterocycles. The SMILES string of the molecule is Cc1cccc(NC(=O)c2cccc3c2OC(C)C(=O)N3)c1. The summed E-state index contributed by atoms with van der Waals surface area (Å²) in [6.07, 6.45) is -0.625. The third-order valence-electron chi connectivity index (χ3n) is 3.46. The number of aryl methyl sites for hydroxylation is 1. The van der Waals surface area contributed by atoms with Crippen molar-refractivity contribution in [3.8, 4) is 5.75 Å². The molecule has 5 heteroatoms. The third kappa shape index (κ3) is 2.65. The van der Waals surface area contributed by atoms with E-state index < -0.39 is 6.10 Å². The molecule has 1 unspecified atom stereocenters. The van der Waals surface area contributed by atoms with Crippen molar-refractivity contribution in [2.24, 2.45) is 0 Å². The highest BCUT2D eigenvalue weighted by molar-refractivity contribution is 6.09. The molecule has 0 saturated heterocycles. The molecule has 0 bridgehead atoms. The largest absolute Gasteiger partial charge is 0.478 e. The molecule has 2 amide bonds. The van der Waals surface area contributed by atoms with Crippen LogP contribution in [0.2, 0.25) is 0 Å². The van der Waals surface area contributed by atoms with Crippen LogP contribution in [-0.2, 0) is 4.79 Å². The van der Waals surface area contributed by atoms with Gasteiger partial charge in [0, 0.05) is 5.69 Å². The van der Waals surface area contributed by atoms with E-state index in [0.29, 0.717) is 17.0 Å². The van der Waals surface area contributed by atoms with E-state index in [9.17, 15) is 9.59 Å². The lowest BCUT2D eigenvalue weighted by atomic mass is 10.1. The van der Waals surface area contributed by atoms with E-state index in [4.69, 9.17) is 4.74 Å². The summed E-state index contributed by atoms with van der Waals surface area (Å²) in [6.45, 7) is 3.61. The lowest BCUT2D eigenvalue weighted by Gasteiger charge is -2.25. The van der Waals surface area contributed by atoms with Gasteiger partial charge in [-0.15, -0.1) is 0 Å². The van der Waals surface area contributed by atoms with Gasteiger partial charge in [0.15, 0.2) is 11.9 Å². The summed E-state index contributed by atoms with van der Waals surface area (Å²) in [5.74, 6) is -0.0886. The summed E-state index contributed by atoms with van der Waals surface area (Å²) < 4.78 is 5.58. The van der Waals surface area contributed by atoms with Gasteiger partial charge in [-0.3, -0.25) is 9.59 Å². The first kappa shape index (κ1) is 14.1. The molecule has 2 N–H and O–H groups in total. The minimum Gasteiger partial charge on any atom is -0.478 e. The molecule has 22 heavy (non-hydrogen) atoms. The first-order chi connectivity index (χ1) is 10.5. The number of carbonyl (C=O) groups is 2. The summed E-state index contributed by atoms with van der Waals surface area (Å²) in [5.41, 5.74) is 2.69. The molecule has 0 saturated carbocycles. The highest BCUT2D eigenvalue weighted by atomic mass is 16.5. The first-order valence-electron chi connectivity index (χ1n) is 7.03. The van der Waals surface area contributed by atoms with E-state index in [-0.39, 0.29) is 11.8 Å². The van der Waals surface area contributed by atoms with Crippen molar-refractivity contribution in [1.82, 2.24) is 0 Å². The fraction of sp³-hybridized carbons (Fsp3) is 0.176. The van der Waals surface area contributed by atoms with Gasteiger partial charge < -0.3 is 15.4 Å². The van der Waals surface area contributed by atoms with Gasteiger partial charge in [-0.05, 0) is 43.7 Å². The number of hydrogen-bond donors (Lipinski definition) is 2. The predicted octanol–water partition coefficient (Wildman–Crippen LogP) is 2.97. The molecule has 2 aromatic carbocycles. The van der Waals surface area contributed by atoms with Gasteiger partial charge in [-0.25, -0.2) is 0 Å². The minimum atomic E-state index is -0.625. The Morgan fingerprint density at radius 1 is 1.23 bits per heavy atom. The highest BCUT2D eigenvalue weighted by Crippen LogP contribution is 2.33. The van der Waals surface area contributed by atoms with Crippen LogP contribution in [0.4, 0.5) is 11.4 Å². The lowest BCUT2D eigenvalue weighted by Crippen LogP contribution is -2.35. The van der Waals surface area contributed by atoms with E-state index in [1.165, 1.54) is 0 Å². The van der Waals surface area contributed by atoms with Gasteiger partial charge in [0.25, 0.3) is 11.8 Å². The van der Waals surface area contributed by atoms with Gasteiger partial charge in [0.2, 0.25) is 0 Å². The van der Waals surface area contributed by atoms with E-state index in [1.807, 2.05) is 31.2 Å². The molecular weight excluding hydrogens is 280 g/mol. The van der Waals surface area contributed by atoms with Crippen LogP contribution in [0.15, 0.2) is 42.5 Å². The number of rotatable bonds is 2. The predicted molar refractivity (Wildman–Crippen MR) is 84.3 cm³/mol. The normalized spacial score (nSPS) is 16.3. The molecule has 1 atom stereocenters. The number of anilines is 2. The van der Waals surface area contributed by atoms with E-state index >= 15 is 0 Å². The van der Waals surface area contributed by atoms with Crippen LogP contribution >= 0.6 is 0 Å². The molecule has 3 rings (SSSR count). The van der Waals surface area contributed by atoms with Gasteiger partial charge in [0.1, 0.15) is 0 Å². The van der Waals surface area contributed by atoms with Crippen LogP contribution in [0.25, 0.3) is 0 Å². The molecule has 0 aliphatic carbocycles. The van der Waals surface area contributed by atoms with Crippen molar-refractivity contribution in [2.45, 2.75) is 20.0 Å². The number of ether oxygens (including phenoxy) is 1. The zero-order valence-corrected chi connectivity index (χ0v) is 12.3. The smallest absolute Gasteiger partial charge is 0.265 e. The Kier molecular flexibility index (Phi) is 3.55. The maximum Gasteiger partial charge on any atom is 0.265 e. The zero-order chi connectivity index (χ0) is 15.7. The summed E-state index contributed by atoms with van der Waals surface area (Å²) in [4.78, 5) is 24.1. The fourth-order valence-electron chi connectivity index (χ4n) is 2.33. The van der Waals surface area contributed by atoms with Gasteiger partial charge in [-0.2, -0.15) is 0 Å². The van der Waals surface area contributed by atoms with Crippen molar-refractivity contribution in [1.29, 1.82) is 0 Å². The highest BCUT2D eigenvalue weighted by Gasteiger charge is 2.27. The maximum atomic E-state index is 12.5. The Balaban J connectivity index is 1.91. The number of benzene rings is 2. The number of carbonyl (C=O) groups excluding carboxylic acids is 2. The molecule has 1 heterocycles. The van der Waals surface area contributed by atoms with Crippen LogP contribution in [0, 0.1) is 6.92 Å². The van der Waals surface area contributed by atoms with Gasteiger partial charge >= 0.3 is 0 Å². The number of amides is 2. The Bertz CT molecular complexity index is 755. The maximum absolute atomic E-state index is 12.5. The minimum absolute atomic E-state index is 0.219. The van der Waals surface area contributed by atoms with Crippen LogP contribution in [0.5, 0.6) is 5.75 Å². The van der Waals surface area contributed by atoms with Crippen molar-refractivity contribution in [3.05, 3.63) is 53.6 Å². The second-order valence-electron chi connectivity index (χ2n) is 5.26. The summed E-state index contributed by atoms with van der Waals surface area (Å²) in [5, 5.41) is 5.58. The molecule has 0 fully saturated rings. The number of para-hydroxylation sites is 1. The Morgan fingerprint density at radius 2 is 2.00 bits per heavy atom. The lowest BCUT2D eigenvalue weighted by molar-refractivity contribution is -0.122. The molecule has 112 valence electrons. The van der Waals surface area contributed by atoms with Gasteiger partial charge in [-0.1, -0.05) is 18.2 Å². The molecular formula is C17H16N2O3. The second kappa shape index (κ2) is 5.52. The van der Waals surface area contributed by atoms with E-state index in [2.05, 4.69) is 10.6 Å². The average molecular weight is 296 g/mol. The van der Waals surface area contributed by atoms with Crippen molar-refractivity contribution in [3.63, 3.8) is 0 Å². The van der Waals surface area contributed by atoms with Gasteiger partial charge in [0.05, 0.1) is 11.3 Å². The second-order valence-corrected chi connectivity index (χ2v) is 5.26. The molecule has 0 spiro atoms. The summed E-state index contributed by atoms with van der Waals surface area (Å²) in [7, 11) is 0. The van der Waals surface area contributed by atoms with Crippen LogP contribution in [0.3, 0.4) is 0 Å². The van der Waals surface area contributed by atoms with E-state index in [0.717, 1.165) is 11.3 Å². The zero-order valence-electron chi connectivity index (χ0n) is 12.3. The molecule has 0 aromatic heterocycles. The average Bonchev–Trinajstić information content (AvgIpc) is 2.48. The van der Waals surface area contributed by atoms with Crippen LogP contribution in [0.1, 0.15) is 22.8 Å².